The van der Waals surface area contributed by atoms with Crippen LogP contribution in [0.4, 0.5) is 149 Å². The van der Waals surface area contributed by atoms with Gasteiger partial charge in [-0.2, -0.15) is 149 Å². The van der Waals surface area contributed by atoms with E-state index in [1.807, 2.05) is 0 Å². The smallest absolute Gasteiger partial charge is 0.374 e. The predicted molar refractivity (Wildman–Crippen MR) is 180 cm³/mol. The molecule has 420 valence electrons. The minimum atomic E-state index is -9.20. The first kappa shape index (κ1) is 64.6. The van der Waals surface area contributed by atoms with E-state index in [-0.39, 0.29) is 11.1 Å². The zero-order valence-electron chi connectivity index (χ0n) is 34.4. The number of alkyl halides is 34. The molecule has 0 saturated heterocycles. The molecule has 2 aromatic rings. The maximum Gasteiger partial charge on any atom is 0.460 e. The van der Waals surface area contributed by atoms with Gasteiger partial charge in [0.2, 0.25) is 0 Å². The highest BCUT2D eigenvalue weighted by atomic mass is 19.4. The maximum absolute atomic E-state index is 15.4. The van der Waals surface area contributed by atoms with Gasteiger partial charge in [0, 0.05) is 12.8 Å². The van der Waals surface area contributed by atoms with E-state index < -0.39 is 144 Å². The molecule has 2 rings (SSSR count). The van der Waals surface area contributed by atoms with Crippen molar-refractivity contribution in [3.8, 4) is 0 Å². The van der Waals surface area contributed by atoms with Crippen molar-refractivity contribution in [2.45, 2.75) is 133 Å². The molecule has 1 nitrogen and oxygen atoms in total. The average molecular weight is 1140 g/mol. The van der Waals surface area contributed by atoms with Crippen LogP contribution < -0.4 is 0 Å². The molecule has 0 saturated carbocycles. The van der Waals surface area contributed by atoms with Crippen molar-refractivity contribution >= 4 is 12.2 Å². The Labute approximate surface area is 383 Å². The third-order valence-electron chi connectivity index (χ3n) is 10.3. The van der Waals surface area contributed by atoms with Gasteiger partial charge in [-0.25, -0.2) is 0 Å². The van der Waals surface area contributed by atoms with Crippen LogP contribution >= 0.6 is 0 Å². The Balaban J connectivity index is 2.94. The Kier molecular flexibility index (Phi) is 17.0. The van der Waals surface area contributed by atoms with E-state index in [2.05, 4.69) is 17.9 Å². The standard InChI is InChI=1S/C38H24F34O/c1-3-17-5-9-19(10-6-17)13-21(15-23(39,40)25(43,44)27(47,48)29(51,52)31(55,56)33(59,60)35(63,64)37(67,68)69)73-22(14-20-11-7-18(4-2)8-12-20)16-24(41,42)26(45,46)28(49,50)30(53,54)32(57,58)34(61,62)36(65,66)38(70,71)72/h3-12,21-22H,1-2,13-16H2. The maximum atomic E-state index is 15.4. The van der Waals surface area contributed by atoms with Crippen molar-refractivity contribution in [2.75, 3.05) is 0 Å². The largest absolute Gasteiger partial charge is 0.460 e. The van der Waals surface area contributed by atoms with Crippen LogP contribution in [0.3, 0.4) is 0 Å². The summed E-state index contributed by atoms with van der Waals surface area (Å²) >= 11 is 0. The normalized spacial score (nSPS) is 16.4. The average Bonchev–Trinajstić information content (AvgIpc) is 3.22. The summed E-state index contributed by atoms with van der Waals surface area (Å²) < 4.78 is 483. The SMILES string of the molecule is C=Cc1ccc(CC(CC(F)(F)C(F)(F)C(F)(F)C(F)(F)C(F)(F)C(F)(F)C(F)(F)C(F)(F)F)OC(Cc2ccc(C=C)cc2)CC(F)(F)C(F)(F)C(F)(F)C(F)(F)C(F)(F)C(F)(F)C(F)(F)C(F)(F)F)cc1. The summed E-state index contributed by atoms with van der Waals surface area (Å²) in [6.45, 7) is 6.37. The molecule has 2 unspecified atom stereocenters. The lowest BCUT2D eigenvalue weighted by molar-refractivity contribution is -0.462. The lowest BCUT2D eigenvalue weighted by atomic mass is 9.86. The fourth-order valence-corrected chi connectivity index (χ4v) is 5.94. The molecule has 0 N–H and O–H groups in total. The van der Waals surface area contributed by atoms with Gasteiger partial charge in [0.25, 0.3) is 0 Å². The molecular formula is C38H24F34O. The third-order valence-corrected chi connectivity index (χ3v) is 10.3. The predicted octanol–water partition coefficient (Wildman–Crippen LogP) is 16.3. The minimum Gasteiger partial charge on any atom is -0.374 e. The van der Waals surface area contributed by atoms with Crippen LogP contribution in [-0.2, 0) is 17.6 Å². The van der Waals surface area contributed by atoms with Crippen molar-refractivity contribution in [2.24, 2.45) is 0 Å². The number of halogens is 34. The fraction of sp³-hybridized carbons (Fsp3) is 0.579. The van der Waals surface area contributed by atoms with Gasteiger partial charge in [-0.05, 0) is 35.1 Å². The first-order valence-electron chi connectivity index (χ1n) is 18.5. The Morgan fingerprint density at radius 1 is 0.301 bits per heavy atom. The highest BCUT2D eigenvalue weighted by Crippen LogP contribution is 2.66. The van der Waals surface area contributed by atoms with Crippen LogP contribution in [0.1, 0.15) is 35.1 Å². The van der Waals surface area contributed by atoms with Gasteiger partial charge < -0.3 is 4.74 Å². The van der Waals surface area contributed by atoms with Crippen molar-refractivity contribution in [3.63, 3.8) is 0 Å². The van der Waals surface area contributed by atoms with Crippen LogP contribution in [0.5, 0.6) is 0 Å². The third kappa shape index (κ3) is 10.3. The second kappa shape index (κ2) is 19.3. The molecule has 2 atom stereocenters. The Hall–Kier alpha value is -4.50. The van der Waals surface area contributed by atoms with Gasteiger partial charge in [-0.15, -0.1) is 0 Å². The molecule has 0 aliphatic heterocycles. The first-order chi connectivity index (χ1) is 32.0. The van der Waals surface area contributed by atoms with E-state index in [0.29, 0.717) is 24.3 Å². The summed E-state index contributed by atoms with van der Waals surface area (Å²) in [6.07, 6.45) is -33.4. The van der Waals surface area contributed by atoms with E-state index >= 15 is 35.1 Å². The van der Waals surface area contributed by atoms with Gasteiger partial charge in [0.05, 0.1) is 12.2 Å². The van der Waals surface area contributed by atoms with E-state index in [1.165, 1.54) is 0 Å². The zero-order chi connectivity index (χ0) is 58.1. The van der Waals surface area contributed by atoms with Crippen LogP contribution in [0.25, 0.3) is 12.2 Å². The number of hydrogen-bond acceptors (Lipinski definition) is 1. The zero-order valence-corrected chi connectivity index (χ0v) is 34.4. The van der Waals surface area contributed by atoms with E-state index in [4.69, 9.17) is 0 Å². The van der Waals surface area contributed by atoms with Gasteiger partial charge in [0.15, 0.2) is 0 Å². The van der Waals surface area contributed by atoms with Crippen LogP contribution in [0.2, 0.25) is 0 Å². The molecule has 0 aliphatic rings. The number of rotatable bonds is 24. The highest BCUT2D eigenvalue weighted by Gasteiger charge is 2.97. The molecule has 0 heterocycles. The topological polar surface area (TPSA) is 9.23 Å². The summed E-state index contributed by atoms with van der Waals surface area (Å²) in [7, 11) is 0. The quantitative estimate of drug-likeness (QED) is 0.0952. The second-order valence-electron chi connectivity index (χ2n) is 15.4. The van der Waals surface area contributed by atoms with Gasteiger partial charge in [-0.3, -0.25) is 0 Å². The van der Waals surface area contributed by atoms with E-state index in [0.717, 1.165) is 36.4 Å². The first-order valence-corrected chi connectivity index (χ1v) is 18.5. The molecular weight excluding hydrogens is 1120 g/mol. The molecule has 73 heavy (non-hydrogen) atoms. The second-order valence-corrected chi connectivity index (χ2v) is 15.4. The van der Waals surface area contributed by atoms with Crippen molar-refractivity contribution < 1.29 is 154 Å². The minimum absolute atomic E-state index is 0.0697. The van der Waals surface area contributed by atoms with Crippen LogP contribution in [0.15, 0.2) is 61.7 Å². The van der Waals surface area contributed by atoms with Crippen molar-refractivity contribution in [1.29, 1.82) is 0 Å². The highest BCUT2D eigenvalue weighted by molar-refractivity contribution is 5.48. The number of hydrogen-bond donors (Lipinski definition) is 0. The number of benzene rings is 2. The summed E-state index contributed by atoms with van der Waals surface area (Å²) in [5.41, 5.74) is -1.86. The van der Waals surface area contributed by atoms with Gasteiger partial charge in [0.1, 0.15) is 0 Å². The fourth-order valence-electron chi connectivity index (χ4n) is 5.94. The Bertz CT molecular complexity index is 2060. The molecule has 0 amide bonds. The van der Waals surface area contributed by atoms with Gasteiger partial charge in [-0.1, -0.05) is 73.8 Å². The molecule has 0 bridgehead atoms. The molecule has 0 aliphatic carbocycles. The Morgan fingerprint density at radius 3 is 0.685 bits per heavy atom. The molecule has 0 fully saturated rings. The van der Waals surface area contributed by atoms with Gasteiger partial charge >= 0.3 is 95.3 Å². The molecule has 0 spiro atoms. The summed E-state index contributed by atoms with van der Waals surface area (Å²) in [5, 5.41) is 0. The van der Waals surface area contributed by atoms with Crippen LogP contribution in [0, 0.1) is 0 Å². The molecule has 0 aromatic heterocycles. The van der Waals surface area contributed by atoms with Crippen molar-refractivity contribution in [3.05, 3.63) is 83.9 Å². The summed E-state index contributed by atoms with van der Waals surface area (Å²) in [6, 6.07) is 5.34. The van der Waals surface area contributed by atoms with Crippen molar-refractivity contribution in [1.82, 2.24) is 0 Å². The van der Waals surface area contributed by atoms with E-state index in [1.54, 1.807) is 0 Å². The van der Waals surface area contributed by atoms with E-state index in [9.17, 15) is 114 Å². The van der Waals surface area contributed by atoms with Crippen LogP contribution in [-0.4, -0.2) is 107 Å². The molecule has 35 heteroatoms. The number of ether oxygens (including phenoxy) is 1. The summed E-state index contributed by atoms with van der Waals surface area (Å²) in [4.78, 5) is 0. The lowest BCUT2D eigenvalue weighted by Gasteiger charge is -2.43. The molecule has 2 aromatic carbocycles. The monoisotopic (exact) mass is 1140 g/mol. The summed E-state index contributed by atoms with van der Waals surface area (Å²) in [5.74, 6) is -122. The lowest BCUT2D eigenvalue weighted by Crippen LogP contribution is -2.74. The Morgan fingerprint density at radius 2 is 0.493 bits per heavy atom. The molecule has 0 radical (unpaired) electrons.